The average molecular weight is 283 g/mol. The van der Waals surface area contributed by atoms with Gasteiger partial charge in [0.25, 0.3) is 0 Å². The molecule has 1 rings (SSSR count). The van der Waals surface area contributed by atoms with Crippen LogP contribution in [0.3, 0.4) is 0 Å². The van der Waals surface area contributed by atoms with Gasteiger partial charge in [0.1, 0.15) is 0 Å². The Labute approximate surface area is 115 Å². The van der Waals surface area contributed by atoms with Crippen LogP contribution in [0, 0.1) is 0 Å². The summed E-state index contributed by atoms with van der Waals surface area (Å²) < 4.78 is 17.3. The van der Waals surface area contributed by atoms with Gasteiger partial charge in [0.05, 0.1) is 0 Å². The van der Waals surface area contributed by atoms with Gasteiger partial charge in [-0.25, -0.2) is 0 Å². The maximum absolute atomic E-state index is 11.1. The molecule has 19 heavy (non-hydrogen) atoms. The van der Waals surface area contributed by atoms with Crippen molar-refractivity contribution in [1.82, 2.24) is 0 Å². The van der Waals surface area contributed by atoms with E-state index < -0.39 is 14.7 Å². The van der Waals surface area contributed by atoms with Gasteiger partial charge in [0, 0.05) is 30.6 Å². The van der Waals surface area contributed by atoms with Gasteiger partial charge in [-0.1, -0.05) is 12.1 Å². The van der Waals surface area contributed by atoms with Crippen molar-refractivity contribution in [2.75, 3.05) is 19.8 Å². The van der Waals surface area contributed by atoms with Crippen LogP contribution in [0.5, 0.6) is 0 Å². The second kappa shape index (κ2) is 7.39. The summed E-state index contributed by atoms with van der Waals surface area (Å²) in [4.78, 5) is 11.1. The van der Waals surface area contributed by atoms with Crippen molar-refractivity contribution in [3.05, 3.63) is 29.8 Å². The summed E-state index contributed by atoms with van der Waals surface area (Å²) in [5.41, 5.74) is 5.68. The highest BCUT2D eigenvalue weighted by atomic mass is 28.4. The lowest BCUT2D eigenvalue weighted by atomic mass is 10.2. The van der Waals surface area contributed by atoms with E-state index in [-0.39, 0.29) is 0 Å². The zero-order valence-corrected chi connectivity index (χ0v) is 12.6. The van der Waals surface area contributed by atoms with Gasteiger partial charge in [0.15, 0.2) is 0 Å². The largest absolute Gasteiger partial charge is 0.537 e. The minimum Gasteiger partial charge on any atom is -0.370 e. The summed E-state index contributed by atoms with van der Waals surface area (Å²) in [6.45, 7) is 7.21. The zero-order chi connectivity index (χ0) is 14.3. The molecule has 0 unspecified atom stereocenters. The molecule has 0 atom stereocenters. The number of rotatable bonds is 8. The maximum atomic E-state index is 11.1. The summed E-state index contributed by atoms with van der Waals surface area (Å²) in [6, 6.07) is 6.90. The molecule has 0 fully saturated rings. The Morgan fingerprint density at radius 3 is 1.74 bits per heavy atom. The van der Waals surface area contributed by atoms with E-state index in [4.69, 9.17) is 19.0 Å². The lowest BCUT2D eigenvalue weighted by Gasteiger charge is -2.28. The molecular weight excluding hydrogens is 262 g/mol. The lowest BCUT2D eigenvalue weighted by molar-refractivity contribution is 0.0858. The van der Waals surface area contributed by atoms with E-state index in [0.29, 0.717) is 25.4 Å². The highest BCUT2D eigenvalue weighted by molar-refractivity contribution is 6.75. The van der Waals surface area contributed by atoms with Crippen LogP contribution >= 0.6 is 0 Å². The van der Waals surface area contributed by atoms with Crippen molar-refractivity contribution in [3.8, 4) is 0 Å². The van der Waals surface area contributed by atoms with Crippen molar-refractivity contribution in [2.24, 2.45) is 5.73 Å². The van der Waals surface area contributed by atoms with Crippen LogP contribution < -0.4 is 10.9 Å². The molecule has 0 heterocycles. The first-order valence-electron chi connectivity index (χ1n) is 6.41. The Balaban J connectivity index is 3.10. The number of carbonyl (C=O) groups is 1. The summed E-state index contributed by atoms with van der Waals surface area (Å²) in [5.74, 6) is -0.456. The lowest BCUT2D eigenvalue weighted by Crippen LogP contribution is -2.56. The minimum absolute atomic E-state index is 0.455. The highest BCUT2D eigenvalue weighted by Crippen LogP contribution is 2.11. The first-order valence-corrected chi connectivity index (χ1v) is 8.14. The number of hydrogen-bond acceptors (Lipinski definition) is 4. The molecule has 2 N–H and O–H groups in total. The highest BCUT2D eigenvalue weighted by Gasteiger charge is 2.43. The van der Waals surface area contributed by atoms with Gasteiger partial charge < -0.3 is 19.0 Å². The molecule has 0 aliphatic carbocycles. The Morgan fingerprint density at radius 1 is 1.00 bits per heavy atom. The third-order valence-corrected chi connectivity index (χ3v) is 5.57. The van der Waals surface area contributed by atoms with E-state index in [9.17, 15) is 4.79 Å². The molecule has 106 valence electrons. The molecule has 0 aliphatic rings. The van der Waals surface area contributed by atoms with Gasteiger partial charge in [-0.15, -0.1) is 0 Å². The van der Waals surface area contributed by atoms with E-state index >= 15 is 0 Å². The molecule has 1 aromatic rings. The summed E-state index contributed by atoms with van der Waals surface area (Å²) >= 11 is 0. The number of carbonyl (C=O) groups excluding carboxylic acids is 1. The number of benzene rings is 1. The second-order valence-corrected chi connectivity index (χ2v) is 6.35. The Bertz CT molecular complexity index is 391. The Morgan fingerprint density at radius 2 is 1.42 bits per heavy atom. The Kier molecular flexibility index (Phi) is 6.17. The molecule has 1 aromatic carbocycles. The summed E-state index contributed by atoms with van der Waals surface area (Å²) in [6.07, 6.45) is 0. The van der Waals surface area contributed by atoms with Gasteiger partial charge in [-0.05, 0) is 32.9 Å². The molecule has 5 nitrogen and oxygen atoms in total. The minimum atomic E-state index is -2.88. The van der Waals surface area contributed by atoms with Gasteiger partial charge in [0.2, 0.25) is 5.91 Å². The molecule has 0 spiro atoms. The van der Waals surface area contributed by atoms with Crippen LogP contribution in [-0.2, 0) is 13.3 Å². The first-order chi connectivity index (χ1) is 9.09. The third-order valence-electron chi connectivity index (χ3n) is 2.53. The molecular formula is C13H21NO4Si. The number of nitrogens with two attached hydrogens (primary N) is 1. The first kappa shape index (κ1) is 15.8. The quantitative estimate of drug-likeness (QED) is 0.724. The van der Waals surface area contributed by atoms with E-state index in [0.717, 1.165) is 5.19 Å². The van der Waals surface area contributed by atoms with E-state index in [1.807, 2.05) is 20.8 Å². The van der Waals surface area contributed by atoms with Crippen molar-refractivity contribution >= 4 is 19.9 Å². The molecule has 1 amide bonds. The number of hydrogen-bond donors (Lipinski definition) is 1. The molecule has 0 radical (unpaired) electrons. The molecule has 0 saturated heterocycles. The molecule has 0 saturated carbocycles. The van der Waals surface area contributed by atoms with Crippen molar-refractivity contribution < 1.29 is 18.1 Å². The summed E-state index contributed by atoms with van der Waals surface area (Å²) in [5, 5.41) is 0.836. The molecule has 0 aromatic heterocycles. The van der Waals surface area contributed by atoms with Crippen LogP contribution in [-0.4, -0.2) is 34.5 Å². The fourth-order valence-corrected chi connectivity index (χ4v) is 4.25. The van der Waals surface area contributed by atoms with Crippen molar-refractivity contribution in [3.63, 3.8) is 0 Å². The predicted molar refractivity (Wildman–Crippen MR) is 75.2 cm³/mol. The number of primary amides is 1. The molecule has 6 heteroatoms. The van der Waals surface area contributed by atoms with Crippen LogP contribution in [0.4, 0.5) is 0 Å². The monoisotopic (exact) mass is 283 g/mol. The SMILES string of the molecule is CCO[Si](OCC)(OCC)c1ccc(C(N)=O)cc1. The molecule has 0 aliphatic heterocycles. The predicted octanol–water partition coefficient (Wildman–Crippen LogP) is 1.04. The second-order valence-electron chi connectivity index (χ2n) is 3.80. The van der Waals surface area contributed by atoms with Gasteiger partial charge >= 0.3 is 8.80 Å². The van der Waals surface area contributed by atoms with Gasteiger partial charge in [-0.3, -0.25) is 4.79 Å². The van der Waals surface area contributed by atoms with Crippen LogP contribution in [0.1, 0.15) is 31.1 Å². The van der Waals surface area contributed by atoms with Crippen LogP contribution in [0.15, 0.2) is 24.3 Å². The topological polar surface area (TPSA) is 70.8 Å². The summed E-state index contributed by atoms with van der Waals surface area (Å²) in [7, 11) is -2.88. The van der Waals surface area contributed by atoms with Crippen molar-refractivity contribution in [1.29, 1.82) is 0 Å². The standard InChI is InChI=1S/C13H21NO4Si/c1-4-16-19(17-5-2,18-6-3)12-9-7-11(8-10-12)13(14)15/h7-10H,4-6H2,1-3H3,(H2,14,15). The van der Waals surface area contributed by atoms with E-state index in [2.05, 4.69) is 0 Å². The normalized spacial score (nSPS) is 11.5. The fourth-order valence-electron chi connectivity index (χ4n) is 1.78. The Hall–Kier alpha value is -1.21. The smallest absolute Gasteiger partial charge is 0.370 e. The fraction of sp³-hybridized carbons (Fsp3) is 0.462. The zero-order valence-electron chi connectivity index (χ0n) is 11.6. The van der Waals surface area contributed by atoms with E-state index in [1.54, 1.807) is 24.3 Å². The van der Waals surface area contributed by atoms with E-state index in [1.165, 1.54) is 0 Å². The average Bonchev–Trinajstić information content (AvgIpc) is 2.39. The van der Waals surface area contributed by atoms with Crippen molar-refractivity contribution in [2.45, 2.75) is 20.8 Å². The maximum Gasteiger partial charge on any atom is 0.537 e. The van der Waals surface area contributed by atoms with Crippen LogP contribution in [0.25, 0.3) is 0 Å². The van der Waals surface area contributed by atoms with Crippen LogP contribution in [0.2, 0.25) is 0 Å². The molecule has 0 bridgehead atoms. The third kappa shape index (κ3) is 3.87. The van der Waals surface area contributed by atoms with Gasteiger partial charge in [-0.2, -0.15) is 0 Å². The number of amides is 1.